The first kappa shape index (κ1) is 14.9. The van der Waals surface area contributed by atoms with E-state index in [-0.39, 0.29) is 18.9 Å². The molecule has 0 aliphatic heterocycles. The van der Waals surface area contributed by atoms with Crippen LogP contribution in [0, 0.1) is 0 Å². The number of hydrogen-bond acceptors (Lipinski definition) is 4. The van der Waals surface area contributed by atoms with Crippen LogP contribution >= 0.6 is 0 Å². The van der Waals surface area contributed by atoms with Crippen molar-refractivity contribution in [3.05, 3.63) is 48.0 Å². The second-order valence-corrected chi connectivity index (χ2v) is 5.29. The van der Waals surface area contributed by atoms with Crippen molar-refractivity contribution in [2.75, 3.05) is 13.6 Å². The molecule has 0 spiro atoms. The molecule has 1 aromatic heterocycles. The van der Waals surface area contributed by atoms with Crippen molar-refractivity contribution in [3.63, 3.8) is 0 Å². The lowest BCUT2D eigenvalue weighted by atomic mass is 10.1. The maximum Gasteiger partial charge on any atom is 0.305 e. The van der Waals surface area contributed by atoms with Crippen LogP contribution in [0.15, 0.2) is 42.5 Å². The van der Waals surface area contributed by atoms with E-state index >= 15 is 0 Å². The normalized spacial score (nSPS) is 10.8. The number of carboxylic acid groups (broad SMARTS) is 1. The number of carboxylic acids is 1. The molecule has 0 bridgehead atoms. The van der Waals surface area contributed by atoms with Crippen molar-refractivity contribution >= 4 is 33.9 Å². The predicted molar refractivity (Wildman–Crippen MR) is 86.3 cm³/mol. The molecule has 1 amide bonds. The van der Waals surface area contributed by atoms with E-state index in [1.54, 1.807) is 25.2 Å². The molecule has 2 aromatic carbocycles. The number of aromatic nitrogens is 2. The number of carbonyl (C=O) groups is 2. The van der Waals surface area contributed by atoms with Crippen molar-refractivity contribution < 1.29 is 14.7 Å². The highest BCUT2D eigenvalue weighted by atomic mass is 16.4. The zero-order chi connectivity index (χ0) is 16.4. The van der Waals surface area contributed by atoms with E-state index < -0.39 is 5.97 Å². The molecule has 0 saturated carbocycles. The van der Waals surface area contributed by atoms with Crippen molar-refractivity contribution in [1.82, 2.24) is 14.9 Å². The molecule has 23 heavy (non-hydrogen) atoms. The lowest BCUT2D eigenvalue weighted by Crippen LogP contribution is -2.29. The lowest BCUT2D eigenvalue weighted by Gasteiger charge is -2.16. The third kappa shape index (κ3) is 3.11. The van der Waals surface area contributed by atoms with Crippen molar-refractivity contribution in [1.29, 1.82) is 0 Å². The van der Waals surface area contributed by atoms with Crippen LogP contribution in [0.5, 0.6) is 0 Å². The van der Waals surface area contributed by atoms with Gasteiger partial charge >= 0.3 is 5.97 Å². The summed E-state index contributed by atoms with van der Waals surface area (Å²) in [7, 11) is 1.58. The summed E-state index contributed by atoms with van der Waals surface area (Å²) in [6.07, 6.45) is -0.0831. The summed E-state index contributed by atoms with van der Waals surface area (Å²) >= 11 is 0. The monoisotopic (exact) mass is 309 g/mol. The summed E-state index contributed by atoms with van der Waals surface area (Å²) in [5.41, 5.74) is 3.39. The van der Waals surface area contributed by atoms with Gasteiger partial charge in [0.1, 0.15) is 0 Å². The lowest BCUT2D eigenvalue weighted by molar-refractivity contribution is -0.137. The fraction of sp³-hybridized carbons (Fsp3) is 0.176. The fourth-order valence-electron chi connectivity index (χ4n) is 2.34. The molecule has 6 nitrogen and oxygen atoms in total. The summed E-state index contributed by atoms with van der Waals surface area (Å²) in [6, 6.07) is 12.7. The molecule has 0 saturated heterocycles. The maximum atomic E-state index is 12.3. The summed E-state index contributed by atoms with van der Waals surface area (Å²) in [4.78, 5) is 33.4. The second kappa shape index (κ2) is 6.00. The Bertz CT molecular complexity index is 908. The van der Waals surface area contributed by atoms with Gasteiger partial charge < -0.3 is 10.0 Å². The first-order chi connectivity index (χ1) is 11.0. The molecule has 0 atom stereocenters. The number of hydrogen-bond donors (Lipinski definition) is 1. The number of carbonyl (C=O) groups excluding carboxylic acids is 1. The average Bonchev–Trinajstić information content (AvgIpc) is 2.56. The summed E-state index contributed by atoms with van der Waals surface area (Å²) in [6.45, 7) is 0.162. The highest BCUT2D eigenvalue weighted by Gasteiger charge is 2.14. The Kier molecular flexibility index (Phi) is 3.89. The van der Waals surface area contributed by atoms with Crippen LogP contribution in [0.2, 0.25) is 0 Å². The Morgan fingerprint density at radius 3 is 2.26 bits per heavy atom. The van der Waals surface area contributed by atoms with Crippen LogP contribution in [-0.4, -0.2) is 45.4 Å². The molecule has 3 rings (SSSR count). The third-order valence-electron chi connectivity index (χ3n) is 3.59. The minimum atomic E-state index is -0.930. The topological polar surface area (TPSA) is 83.4 Å². The standard InChI is InChI=1S/C17H15N3O3/c1-20(9-8-16(21)22)17(23)11-6-7-14-15(10-11)19-13-5-3-2-4-12(13)18-14/h2-7,10H,8-9H2,1H3,(H,21,22). The average molecular weight is 309 g/mol. The van der Waals surface area contributed by atoms with E-state index in [2.05, 4.69) is 9.97 Å². The van der Waals surface area contributed by atoms with Gasteiger partial charge in [-0.3, -0.25) is 9.59 Å². The van der Waals surface area contributed by atoms with E-state index in [0.717, 1.165) is 11.0 Å². The largest absolute Gasteiger partial charge is 0.481 e. The smallest absolute Gasteiger partial charge is 0.305 e. The van der Waals surface area contributed by atoms with Gasteiger partial charge in [0, 0.05) is 19.2 Å². The number of benzene rings is 2. The molecule has 0 radical (unpaired) electrons. The molecule has 1 heterocycles. The first-order valence-electron chi connectivity index (χ1n) is 7.18. The van der Waals surface area contributed by atoms with Gasteiger partial charge in [-0.1, -0.05) is 12.1 Å². The minimum Gasteiger partial charge on any atom is -0.481 e. The number of nitrogens with zero attached hydrogens (tertiary/aromatic N) is 3. The molecule has 0 aliphatic carbocycles. The second-order valence-electron chi connectivity index (χ2n) is 5.29. The van der Waals surface area contributed by atoms with Gasteiger partial charge in [0.15, 0.2) is 0 Å². The number of fused-ring (bicyclic) bond motifs is 2. The Labute approximate surface area is 132 Å². The Balaban J connectivity index is 1.94. The number of amides is 1. The molecule has 116 valence electrons. The van der Waals surface area contributed by atoms with Crippen molar-refractivity contribution in [3.8, 4) is 0 Å². The van der Waals surface area contributed by atoms with Gasteiger partial charge in [0.2, 0.25) is 0 Å². The highest BCUT2D eigenvalue weighted by Crippen LogP contribution is 2.18. The van der Waals surface area contributed by atoms with E-state index in [4.69, 9.17) is 5.11 Å². The van der Waals surface area contributed by atoms with Crippen molar-refractivity contribution in [2.45, 2.75) is 6.42 Å². The van der Waals surface area contributed by atoms with Crippen molar-refractivity contribution in [2.24, 2.45) is 0 Å². The highest BCUT2D eigenvalue weighted by molar-refractivity contribution is 5.98. The summed E-state index contributed by atoms with van der Waals surface area (Å²) in [5, 5.41) is 8.70. The van der Waals surface area contributed by atoms with E-state index in [9.17, 15) is 9.59 Å². The Morgan fingerprint density at radius 1 is 1.00 bits per heavy atom. The van der Waals surface area contributed by atoms with E-state index in [1.165, 1.54) is 4.90 Å². The van der Waals surface area contributed by atoms with Crippen LogP contribution in [-0.2, 0) is 4.79 Å². The van der Waals surface area contributed by atoms with Crippen LogP contribution < -0.4 is 0 Å². The molecule has 0 aliphatic rings. The zero-order valence-corrected chi connectivity index (χ0v) is 12.6. The molecular formula is C17H15N3O3. The molecule has 0 fully saturated rings. The summed E-state index contributed by atoms with van der Waals surface area (Å²) in [5.74, 6) is -1.16. The van der Waals surface area contributed by atoms with Gasteiger partial charge in [0.25, 0.3) is 5.91 Å². The molecule has 3 aromatic rings. The third-order valence-corrected chi connectivity index (χ3v) is 3.59. The van der Waals surface area contributed by atoms with Crippen LogP contribution in [0.3, 0.4) is 0 Å². The van der Waals surface area contributed by atoms with Gasteiger partial charge in [-0.05, 0) is 30.3 Å². The van der Waals surface area contributed by atoms with Gasteiger partial charge in [-0.15, -0.1) is 0 Å². The number of aliphatic carboxylic acids is 1. The Hall–Kier alpha value is -3.02. The fourth-order valence-corrected chi connectivity index (χ4v) is 2.34. The summed E-state index contributed by atoms with van der Waals surface area (Å²) < 4.78 is 0. The molecule has 0 unspecified atom stereocenters. The molecule has 6 heteroatoms. The van der Waals surface area contributed by atoms with Crippen LogP contribution in [0.25, 0.3) is 22.1 Å². The van der Waals surface area contributed by atoms with E-state index in [0.29, 0.717) is 16.6 Å². The number of para-hydroxylation sites is 2. The maximum absolute atomic E-state index is 12.3. The zero-order valence-electron chi connectivity index (χ0n) is 12.6. The van der Waals surface area contributed by atoms with Crippen LogP contribution in [0.1, 0.15) is 16.8 Å². The molecular weight excluding hydrogens is 294 g/mol. The molecule has 1 N–H and O–H groups in total. The van der Waals surface area contributed by atoms with Gasteiger partial charge in [0.05, 0.1) is 28.5 Å². The quantitative estimate of drug-likeness (QED) is 0.748. The first-order valence-corrected chi connectivity index (χ1v) is 7.18. The van der Waals surface area contributed by atoms with Crippen LogP contribution in [0.4, 0.5) is 0 Å². The number of rotatable bonds is 4. The van der Waals surface area contributed by atoms with Gasteiger partial charge in [-0.25, -0.2) is 9.97 Å². The Morgan fingerprint density at radius 2 is 1.61 bits per heavy atom. The minimum absolute atomic E-state index is 0.0831. The SMILES string of the molecule is CN(CCC(=O)O)C(=O)c1ccc2nc3ccccc3nc2c1. The van der Waals surface area contributed by atoms with Gasteiger partial charge in [-0.2, -0.15) is 0 Å². The predicted octanol–water partition coefficient (Wildman–Crippen LogP) is 2.33. The van der Waals surface area contributed by atoms with E-state index in [1.807, 2.05) is 24.3 Å².